The number of hydrogen-bond acceptors (Lipinski definition) is 2. The van der Waals surface area contributed by atoms with Crippen molar-refractivity contribution in [2.24, 2.45) is 0 Å². The molecule has 0 aliphatic rings. The fourth-order valence-electron chi connectivity index (χ4n) is 1.82. The van der Waals surface area contributed by atoms with Crippen LogP contribution in [-0.4, -0.2) is 21.9 Å². The minimum absolute atomic E-state index is 0.195. The lowest BCUT2D eigenvalue weighted by atomic mass is 10.2. The largest absolute Gasteiger partial charge is 0.369 e. The van der Waals surface area contributed by atoms with E-state index in [1.54, 1.807) is 25.1 Å². The van der Waals surface area contributed by atoms with Gasteiger partial charge in [-0.3, -0.25) is 0 Å². The van der Waals surface area contributed by atoms with Crippen LogP contribution in [0.4, 0.5) is 23.5 Å². The molecule has 3 nitrogen and oxygen atoms in total. The van der Waals surface area contributed by atoms with E-state index in [0.29, 0.717) is 16.6 Å². The highest BCUT2D eigenvalue weighted by Crippen LogP contribution is 2.29. The monoisotopic (exact) mass is 261 g/mol. The summed E-state index contributed by atoms with van der Waals surface area (Å²) in [5.41, 5.74) is 6.93. The maximum atomic E-state index is 13.1. The van der Waals surface area contributed by atoms with Gasteiger partial charge in [0.15, 0.2) is 0 Å². The van der Waals surface area contributed by atoms with E-state index in [0.717, 1.165) is 4.57 Å². The van der Waals surface area contributed by atoms with Gasteiger partial charge in [0, 0.05) is 0 Å². The van der Waals surface area contributed by atoms with Crippen molar-refractivity contribution in [2.75, 3.05) is 5.73 Å². The number of nitrogens with two attached hydrogens (primary N) is 1. The number of alkyl halides is 4. The number of rotatable bonds is 3. The summed E-state index contributed by atoms with van der Waals surface area (Å²) >= 11 is 0. The minimum atomic E-state index is -4.13. The number of benzene rings is 1. The van der Waals surface area contributed by atoms with Gasteiger partial charge in [0.05, 0.1) is 17.6 Å². The molecule has 2 rings (SSSR count). The van der Waals surface area contributed by atoms with E-state index in [1.165, 1.54) is 0 Å². The molecule has 7 heteroatoms. The van der Waals surface area contributed by atoms with Crippen molar-refractivity contribution in [2.45, 2.75) is 25.8 Å². The molecule has 0 aliphatic carbocycles. The van der Waals surface area contributed by atoms with E-state index in [-0.39, 0.29) is 5.95 Å². The van der Waals surface area contributed by atoms with Crippen LogP contribution in [0.2, 0.25) is 0 Å². The van der Waals surface area contributed by atoms with Crippen molar-refractivity contribution in [1.29, 1.82) is 0 Å². The molecular weight excluding hydrogens is 250 g/mol. The first-order valence-electron chi connectivity index (χ1n) is 5.20. The highest BCUT2D eigenvalue weighted by atomic mass is 19.3. The molecule has 0 unspecified atom stereocenters. The molecule has 2 N–H and O–H groups in total. The SMILES string of the molecule is Cc1cccc2nc(N)n(CC(F)(F)C(F)F)c12. The number of hydrogen-bond donors (Lipinski definition) is 1. The molecule has 0 atom stereocenters. The Morgan fingerprint density at radius 2 is 2.06 bits per heavy atom. The zero-order valence-corrected chi connectivity index (χ0v) is 9.50. The number of para-hydroxylation sites is 1. The molecule has 1 aromatic heterocycles. The molecule has 0 aliphatic heterocycles. The number of nitrogen functional groups attached to an aromatic ring is 1. The summed E-state index contributed by atoms with van der Waals surface area (Å²) in [4.78, 5) is 3.88. The summed E-state index contributed by atoms with van der Waals surface area (Å²) in [6, 6.07) is 4.97. The maximum Gasteiger partial charge on any atom is 0.324 e. The molecule has 0 radical (unpaired) electrons. The van der Waals surface area contributed by atoms with Crippen molar-refractivity contribution < 1.29 is 17.6 Å². The van der Waals surface area contributed by atoms with Gasteiger partial charge in [0.2, 0.25) is 5.95 Å². The Hall–Kier alpha value is -1.79. The number of halogens is 4. The maximum absolute atomic E-state index is 13.1. The van der Waals surface area contributed by atoms with Crippen LogP contribution in [0.1, 0.15) is 5.56 Å². The third-order valence-corrected chi connectivity index (χ3v) is 2.69. The normalized spacial score (nSPS) is 12.6. The third-order valence-electron chi connectivity index (χ3n) is 2.69. The number of nitrogens with zero attached hydrogens (tertiary/aromatic N) is 2. The Bertz CT molecular complexity index is 577. The summed E-state index contributed by atoms with van der Waals surface area (Å²) in [5.74, 6) is -4.33. The number of imidazole rings is 1. The van der Waals surface area contributed by atoms with Gasteiger partial charge in [0.25, 0.3) is 0 Å². The van der Waals surface area contributed by atoms with Crippen molar-refractivity contribution in [3.8, 4) is 0 Å². The molecule has 18 heavy (non-hydrogen) atoms. The molecule has 1 heterocycles. The second-order valence-corrected chi connectivity index (χ2v) is 4.06. The van der Waals surface area contributed by atoms with Crippen LogP contribution in [0.5, 0.6) is 0 Å². The first kappa shape index (κ1) is 12.7. The molecule has 1 aromatic carbocycles. The summed E-state index contributed by atoms with van der Waals surface area (Å²) in [7, 11) is 0. The lowest BCUT2D eigenvalue weighted by Crippen LogP contribution is -2.32. The van der Waals surface area contributed by atoms with E-state index in [1.807, 2.05) is 0 Å². The van der Waals surface area contributed by atoms with Gasteiger partial charge in [-0.15, -0.1) is 0 Å². The van der Waals surface area contributed by atoms with Gasteiger partial charge in [0.1, 0.15) is 0 Å². The molecule has 0 spiro atoms. The van der Waals surface area contributed by atoms with E-state index >= 15 is 0 Å². The van der Waals surface area contributed by atoms with Gasteiger partial charge < -0.3 is 10.3 Å². The van der Waals surface area contributed by atoms with Gasteiger partial charge in [-0.1, -0.05) is 12.1 Å². The number of anilines is 1. The molecular formula is C11H11F4N3. The number of aromatic nitrogens is 2. The van der Waals surface area contributed by atoms with Crippen LogP contribution in [0.3, 0.4) is 0 Å². The first-order chi connectivity index (χ1) is 8.33. The smallest absolute Gasteiger partial charge is 0.324 e. The average molecular weight is 261 g/mol. The average Bonchev–Trinajstić information content (AvgIpc) is 2.56. The molecule has 0 saturated heterocycles. The Labute approximate surface area is 100 Å². The highest BCUT2D eigenvalue weighted by Gasteiger charge is 2.41. The summed E-state index contributed by atoms with van der Waals surface area (Å²) in [6.07, 6.45) is -3.74. The quantitative estimate of drug-likeness (QED) is 0.863. The topological polar surface area (TPSA) is 43.8 Å². The Balaban J connectivity index is 2.54. The highest BCUT2D eigenvalue weighted by molar-refractivity contribution is 5.81. The second kappa shape index (κ2) is 4.15. The Morgan fingerprint density at radius 3 is 2.67 bits per heavy atom. The van der Waals surface area contributed by atoms with Crippen LogP contribution in [-0.2, 0) is 6.54 Å². The van der Waals surface area contributed by atoms with Crippen molar-refractivity contribution in [3.05, 3.63) is 23.8 Å². The van der Waals surface area contributed by atoms with E-state index in [2.05, 4.69) is 4.98 Å². The van der Waals surface area contributed by atoms with Crippen LogP contribution >= 0.6 is 0 Å². The standard InChI is InChI=1S/C11H11F4N3/c1-6-3-2-4-7-8(6)18(10(16)17-7)5-11(14,15)9(12)13/h2-4,9H,5H2,1H3,(H2,16,17). The minimum Gasteiger partial charge on any atom is -0.369 e. The summed E-state index contributed by atoms with van der Waals surface area (Å²) in [6.45, 7) is 0.498. The lowest BCUT2D eigenvalue weighted by Gasteiger charge is -2.17. The van der Waals surface area contributed by atoms with Crippen LogP contribution in [0, 0.1) is 6.92 Å². The predicted molar refractivity (Wildman–Crippen MR) is 59.8 cm³/mol. The fraction of sp³-hybridized carbons (Fsp3) is 0.364. The lowest BCUT2D eigenvalue weighted by molar-refractivity contribution is -0.136. The van der Waals surface area contributed by atoms with Crippen molar-refractivity contribution in [3.63, 3.8) is 0 Å². The predicted octanol–water partition coefficient (Wildman–Crippen LogP) is 2.83. The Kier molecular flexibility index (Phi) is 2.92. The summed E-state index contributed by atoms with van der Waals surface area (Å²) in [5, 5.41) is 0. The molecule has 2 aromatic rings. The number of aryl methyl sites for hydroxylation is 1. The van der Waals surface area contributed by atoms with E-state index < -0.39 is 18.9 Å². The zero-order valence-electron chi connectivity index (χ0n) is 9.50. The van der Waals surface area contributed by atoms with E-state index in [9.17, 15) is 17.6 Å². The fourth-order valence-corrected chi connectivity index (χ4v) is 1.82. The van der Waals surface area contributed by atoms with Crippen LogP contribution in [0.15, 0.2) is 18.2 Å². The van der Waals surface area contributed by atoms with Gasteiger partial charge in [-0.2, -0.15) is 8.78 Å². The molecule has 98 valence electrons. The van der Waals surface area contributed by atoms with Crippen molar-refractivity contribution in [1.82, 2.24) is 9.55 Å². The van der Waals surface area contributed by atoms with Crippen molar-refractivity contribution >= 4 is 17.0 Å². The molecule has 0 amide bonds. The van der Waals surface area contributed by atoms with Gasteiger partial charge in [-0.05, 0) is 18.6 Å². The second-order valence-electron chi connectivity index (χ2n) is 4.06. The Morgan fingerprint density at radius 1 is 1.39 bits per heavy atom. The first-order valence-corrected chi connectivity index (χ1v) is 5.20. The summed E-state index contributed by atoms with van der Waals surface area (Å²) < 4.78 is 51.5. The zero-order chi connectivity index (χ0) is 13.5. The van der Waals surface area contributed by atoms with Gasteiger partial charge in [-0.25, -0.2) is 13.8 Å². The third kappa shape index (κ3) is 2.00. The van der Waals surface area contributed by atoms with Crippen LogP contribution < -0.4 is 5.73 Å². The number of fused-ring (bicyclic) bond motifs is 1. The molecule has 0 saturated carbocycles. The molecule has 0 bridgehead atoms. The molecule has 0 fully saturated rings. The van der Waals surface area contributed by atoms with E-state index in [4.69, 9.17) is 5.73 Å². The van der Waals surface area contributed by atoms with Gasteiger partial charge >= 0.3 is 12.3 Å². The van der Waals surface area contributed by atoms with Crippen LogP contribution in [0.25, 0.3) is 11.0 Å².